The molecule has 0 fully saturated rings. The minimum atomic E-state index is 0.741. The van der Waals surface area contributed by atoms with Crippen LogP contribution in [0.2, 0.25) is 0 Å². The molecule has 2 rings (SSSR count). The summed E-state index contributed by atoms with van der Waals surface area (Å²) in [6, 6.07) is 3.87. The Morgan fingerprint density at radius 2 is 2.18 bits per heavy atom. The number of hydrogen-bond donors (Lipinski definition) is 1. The molecule has 17 heavy (non-hydrogen) atoms. The summed E-state index contributed by atoms with van der Waals surface area (Å²) in [4.78, 5) is 8.84. The molecule has 0 radical (unpaired) electrons. The van der Waals surface area contributed by atoms with Gasteiger partial charge in [-0.25, -0.2) is 4.98 Å². The van der Waals surface area contributed by atoms with Gasteiger partial charge in [0.05, 0.1) is 11.4 Å². The predicted molar refractivity (Wildman–Crippen MR) is 68.7 cm³/mol. The van der Waals surface area contributed by atoms with Gasteiger partial charge < -0.3 is 10.3 Å². The molecule has 4 heteroatoms. The Balaban J connectivity index is 2.19. The van der Waals surface area contributed by atoms with Crippen LogP contribution in [-0.2, 0) is 13.0 Å². The number of rotatable bonds is 4. The molecule has 0 amide bonds. The van der Waals surface area contributed by atoms with Crippen LogP contribution in [0, 0.1) is 6.92 Å². The minimum absolute atomic E-state index is 0.741. The lowest BCUT2D eigenvalue weighted by Gasteiger charge is -2.07. The highest BCUT2D eigenvalue weighted by Crippen LogP contribution is 2.11. The molecule has 0 unspecified atom stereocenters. The third-order valence-corrected chi connectivity index (χ3v) is 2.79. The molecule has 4 nitrogen and oxygen atoms in total. The molecule has 2 N–H and O–H groups in total. The van der Waals surface area contributed by atoms with Gasteiger partial charge in [-0.1, -0.05) is 6.92 Å². The van der Waals surface area contributed by atoms with Crippen molar-refractivity contribution in [1.82, 2.24) is 14.5 Å². The Labute approximate surface area is 102 Å². The topological polar surface area (TPSA) is 56.7 Å². The average molecular weight is 230 g/mol. The Bertz CT molecular complexity index is 502. The van der Waals surface area contributed by atoms with E-state index >= 15 is 0 Å². The number of nitrogen functional groups attached to an aromatic ring is 1. The fourth-order valence-corrected chi connectivity index (χ4v) is 1.84. The van der Waals surface area contributed by atoms with Crippen LogP contribution < -0.4 is 5.73 Å². The number of hydrogen-bond acceptors (Lipinski definition) is 3. The van der Waals surface area contributed by atoms with E-state index in [1.807, 2.05) is 31.5 Å². The van der Waals surface area contributed by atoms with Crippen LogP contribution in [0.1, 0.15) is 30.6 Å². The summed E-state index contributed by atoms with van der Waals surface area (Å²) >= 11 is 0. The van der Waals surface area contributed by atoms with Crippen LogP contribution in [-0.4, -0.2) is 14.5 Å². The van der Waals surface area contributed by atoms with Crippen molar-refractivity contribution in [3.8, 4) is 0 Å². The zero-order chi connectivity index (χ0) is 12.3. The summed E-state index contributed by atoms with van der Waals surface area (Å²) in [5.41, 5.74) is 8.40. The first kappa shape index (κ1) is 11.6. The number of nitrogens with zero attached hydrogens (tertiary/aromatic N) is 3. The first-order chi connectivity index (χ1) is 8.20. The third-order valence-electron chi connectivity index (χ3n) is 2.79. The van der Waals surface area contributed by atoms with Gasteiger partial charge in [-0.3, -0.25) is 4.98 Å². The average Bonchev–Trinajstić information content (AvgIpc) is 2.72. The molecule has 0 atom stereocenters. The zero-order valence-electron chi connectivity index (χ0n) is 10.3. The van der Waals surface area contributed by atoms with E-state index in [-0.39, 0.29) is 0 Å². The summed E-state index contributed by atoms with van der Waals surface area (Å²) < 4.78 is 2.17. The number of anilines is 1. The molecule has 0 bridgehead atoms. The van der Waals surface area contributed by atoms with Gasteiger partial charge in [-0.15, -0.1) is 0 Å². The van der Waals surface area contributed by atoms with Gasteiger partial charge in [0, 0.05) is 31.1 Å². The number of nitrogens with two attached hydrogens (primary N) is 1. The SMILES string of the molecule is CCCn1ccnc1Cc1ccc(N)c(C)n1. The normalized spacial score (nSPS) is 10.7. The molecule has 0 saturated heterocycles. The van der Waals surface area contributed by atoms with Crippen LogP contribution in [0.3, 0.4) is 0 Å². The van der Waals surface area contributed by atoms with Gasteiger partial charge in [0.25, 0.3) is 0 Å². The first-order valence-corrected chi connectivity index (χ1v) is 5.92. The molecule has 0 aliphatic heterocycles. The minimum Gasteiger partial charge on any atom is -0.397 e. The Morgan fingerprint density at radius 3 is 2.88 bits per heavy atom. The highest BCUT2D eigenvalue weighted by atomic mass is 15.1. The third kappa shape index (κ3) is 2.64. The lowest BCUT2D eigenvalue weighted by Crippen LogP contribution is -2.05. The lowest BCUT2D eigenvalue weighted by atomic mass is 10.2. The van der Waals surface area contributed by atoms with Crippen molar-refractivity contribution in [2.75, 3.05) is 5.73 Å². The van der Waals surface area contributed by atoms with E-state index in [9.17, 15) is 0 Å². The van der Waals surface area contributed by atoms with Crippen LogP contribution in [0.25, 0.3) is 0 Å². The maximum atomic E-state index is 5.76. The van der Waals surface area contributed by atoms with Gasteiger partial charge in [-0.05, 0) is 25.5 Å². The maximum Gasteiger partial charge on any atom is 0.114 e. The van der Waals surface area contributed by atoms with E-state index in [0.29, 0.717) is 0 Å². The van der Waals surface area contributed by atoms with Crippen LogP contribution in [0.15, 0.2) is 24.5 Å². The van der Waals surface area contributed by atoms with E-state index in [1.54, 1.807) is 0 Å². The lowest BCUT2D eigenvalue weighted by molar-refractivity contribution is 0.644. The van der Waals surface area contributed by atoms with Crippen molar-refractivity contribution < 1.29 is 0 Å². The van der Waals surface area contributed by atoms with E-state index in [0.717, 1.165) is 42.3 Å². The van der Waals surface area contributed by atoms with Gasteiger partial charge >= 0.3 is 0 Å². The summed E-state index contributed by atoms with van der Waals surface area (Å²) in [5.74, 6) is 1.06. The smallest absolute Gasteiger partial charge is 0.114 e. The molecule has 2 aromatic heterocycles. The quantitative estimate of drug-likeness (QED) is 0.875. The molecule has 0 aliphatic carbocycles. The standard InChI is InChI=1S/C13H18N4/c1-3-7-17-8-6-15-13(17)9-11-4-5-12(14)10(2)16-11/h4-6,8H,3,7,9,14H2,1-2H3. The van der Waals surface area contributed by atoms with Gasteiger partial charge in [0.2, 0.25) is 0 Å². The fraction of sp³-hybridized carbons (Fsp3) is 0.385. The molecule has 0 aromatic carbocycles. The largest absolute Gasteiger partial charge is 0.397 e. The van der Waals surface area contributed by atoms with Crippen LogP contribution >= 0.6 is 0 Å². The van der Waals surface area contributed by atoms with Gasteiger partial charge in [-0.2, -0.15) is 0 Å². The highest BCUT2D eigenvalue weighted by molar-refractivity contribution is 5.42. The van der Waals surface area contributed by atoms with E-state index in [2.05, 4.69) is 21.5 Å². The van der Waals surface area contributed by atoms with Crippen molar-refractivity contribution in [1.29, 1.82) is 0 Å². The Hall–Kier alpha value is -1.84. The monoisotopic (exact) mass is 230 g/mol. The van der Waals surface area contributed by atoms with Crippen molar-refractivity contribution in [2.45, 2.75) is 33.2 Å². The molecule has 0 saturated carbocycles. The molecular weight excluding hydrogens is 212 g/mol. The second kappa shape index (κ2) is 4.99. The van der Waals surface area contributed by atoms with Crippen molar-refractivity contribution in [2.24, 2.45) is 0 Å². The Morgan fingerprint density at radius 1 is 1.35 bits per heavy atom. The van der Waals surface area contributed by atoms with E-state index in [4.69, 9.17) is 5.73 Å². The summed E-state index contributed by atoms with van der Waals surface area (Å²) in [6.45, 7) is 5.09. The Kier molecular flexibility index (Phi) is 3.42. The number of imidazole rings is 1. The molecule has 90 valence electrons. The van der Waals surface area contributed by atoms with Crippen LogP contribution in [0.5, 0.6) is 0 Å². The predicted octanol–water partition coefficient (Wildman–Crippen LogP) is 2.17. The first-order valence-electron chi connectivity index (χ1n) is 5.92. The number of aryl methyl sites for hydroxylation is 2. The summed E-state index contributed by atoms with van der Waals surface area (Å²) in [5, 5.41) is 0. The van der Waals surface area contributed by atoms with Crippen molar-refractivity contribution in [3.05, 3.63) is 41.7 Å². The van der Waals surface area contributed by atoms with E-state index < -0.39 is 0 Å². The zero-order valence-corrected chi connectivity index (χ0v) is 10.3. The molecule has 0 spiro atoms. The summed E-state index contributed by atoms with van der Waals surface area (Å²) in [7, 11) is 0. The van der Waals surface area contributed by atoms with Crippen molar-refractivity contribution >= 4 is 5.69 Å². The number of pyridine rings is 1. The second-order valence-corrected chi connectivity index (χ2v) is 4.19. The number of aromatic nitrogens is 3. The van der Waals surface area contributed by atoms with Gasteiger partial charge in [0.1, 0.15) is 5.82 Å². The summed E-state index contributed by atoms with van der Waals surface area (Å²) in [6.07, 6.45) is 5.73. The van der Waals surface area contributed by atoms with Gasteiger partial charge in [0.15, 0.2) is 0 Å². The molecule has 0 aliphatic rings. The van der Waals surface area contributed by atoms with Crippen LogP contribution in [0.4, 0.5) is 5.69 Å². The second-order valence-electron chi connectivity index (χ2n) is 4.19. The van der Waals surface area contributed by atoms with E-state index in [1.165, 1.54) is 0 Å². The molecule has 2 heterocycles. The molecule has 2 aromatic rings. The molecular formula is C13H18N4. The van der Waals surface area contributed by atoms with Crippen molar-refractivity contribution in [3.63, 3.8) is 0 Å². The fourth-order valence-electron chi connectivity index (χ4n) is 1.84. The highest BCUT2D eigenvalue weighted by Gasteiger charge is 2.05. The maximum absolute atomic E-state index is 5.76.